The molecule has 2 fully saturated rings. The highest BCUT2D eigenvalue weighted by Crippen LogP contribution is 2.41. The second kappa shape index (κ2) is 13.5. The predicted octanol–water partition coefficient (Wildman–Crippen LogP) is 8.43. The summed E-state index contributed by atoms with van der Waals surface area (Å²) in [5.41, 5.74) is -1.25. The molecule has 0 unspecified atom stereocenters. The molecule has 0 bridgehead atoms. The molecular weight excluding hydrogens is 604 g/mol. The molecule has 2 heterocycles. The van der Waals surface area contributed by atoms with Gasteiger partial charge in [0, 0.05) is 25.2 Å². The molecule has 4 rings (SSSR count). The summed E-state index contributed by atoms with van der Waals surface area (Å²) >= 11 is 0. The van der Waals surface area contributed by atoms with Crippen LogP contribution in [0.25, 0.3) is 0 Å². The molecule has 248 valence electrons. The quantitative estimate of drug-likeness (QED) is 0.262. The van der Waals surface area contributed by atoms with Crippen LogP contribution in [0.5, 0.6) is 0 Å². The van der Waals surface area contributed by atoms with Crippen LogP contribution in [0.3, 0.4) is 0 Å². The van der Waals surface area contributed by atoms with Crippen LogP contribution in [0.15, 0.2) is 30.3 Å². The summed E-state index contributed by atoms with van der Waals surface area (Å²) in [6, 6.07) is 4.20. The van der Waals surface area contributed by atoms with E-state index in [1.807, 2.05) is 32.9 Å². The Hall–Kier alpha value is -3.51. The van der Waals surface area contributed by atoms with Gasteiger partial charge < -0.3 is 14.7 Å². The number of carboxylic acids is 1. The molecule has 1 amide bonds. The van der Waals surface area contributed by atoms with E-state index in [1.54, 1.807) is 0 Å². The predicted molar refractivity (Wildman–Crippen MR) is 155 cm³/mol. The van der Waals surface area contributed by atoms with Gasteiger partial charge in [-0.05, 0) is 93.2 Å². The highest BCUT2D eigenvalue weighted by molar-refractivity contribution is 5.71. The zero-order chi connectivity index (χ0) is 33.3. The Morgan fingerprint density at radius 2 is 1.60 bits per heavy atom. The van der Waals surface area contributed by atoms with E-state index in [9.17, 15) is 35.9 Å². The van der Waals surface area contributed by atoms with Crippen LogP contribution in [0, 0.1) is 11.8 Å². The monoisotopic (exact) mass is 643 g/mol. The second-order valence-electron chi connectivity index (χ2n) is 12.4. The van der Waals surface area contributed by atoms with E-state index < -0.39 is 53.3 Å². The summed E-state index contributed by atoms with van der Waals surface area (Å²) in [4.78, 5) is 32.5. The molecule has 1 aromatic carbocycles. The lowest BCUT2D eigenvalue weighted by Gasteiger charge is -2.34. The number of amides is 1. The molecule has 1 saturated carbocycles. The van der Waals surface area contributed by atoms with E-state index in [-0.39, 0.29) is 30.9 Å². The summed E-state index contributed by atoms with van der Waals surface area (Å²) in [7, 11) is 0. The van der Waals surface area contributed by atoms with Gasteiger partial charge in [0.15, 0.2) is 0 Å². The summed E-state index contributed by atoms with van der Waals surface area (Å²) in [6.07, 6.45) is -8.69. The maximum Gasteiger partial charge on any atom is 0.416 e. The van der Waals surface area contributed by atoms with E-state index in [0.717, 1.165) is 37.1 Å². The fourth-order valence-corrected chi connectivity index (χ4v) is 6.28. The van der Waals surface area contributed by atoms with E-state index in [2.05, 4.69) is 4.90 Å². The number of carbonyl (C=O) groups is 2. The Bertz CT molecular complexity index is 1340. The highest BCUT2D eigenvalue weighted by atomic mass is 19.4. The van der Waals surface area contributed by atoms with Gasteiger partial charge in [0.1, 0.15) is 6.10 Å². The third kappa shape index (κ3) is 8.21. The number of ether oxygens (including phenoxy) is 1. The third-order valence-electron chi connectivity index (χ3n) is 8.84. The van der Waals surface area contributed by atoms with Crippen molar-refractivity contribution in [3.05, 3.63) is 58.4 Å². The van der Waals surface area contributed by atoms with Crippen molar-refractivity contribution in [3.8, 4) is 0 Å². The molecule has 1 saturated heterocycles. The van der Waals surface area contributed by atoms with E-state index in [0.29, 0.717) is 36.8 Å². The van der Waals surface area contributed by atoms with E-state index >= 15 is 0 Å². The zero-order valence-corrected chi connectivity index (χ0v) is 25.7. The minimum absolute atomic E-state index is 0.0499. The first-order chi connectivity index (χ1) is 21.0. The molecule has 1 aliphatic heterocycles. The average Bonchev–Trinajstić information content (AvgIpc) is 3.24. The minimum atomic E-state index is -5.03. The van der Waals surface area contributed by atoms with Gasteiger partial charge in [0.05, 0.1) is 35.1 Å². The molecule has 1 aromatic heterocycles. The Morgan fingerprint density at radius 1 is 1.02 bits per heavy atom. The van der Waals surface area contributed by atoms with Crippen molar-refractivity contribution in [1.29, 1.82) is 0 Å². The summed E-state index contributed by atoms with van der Waals surface area (Å²) in [5.74, 6) is -0.244. The Balaban J connectivity index is 1.60. The van der Waals surface area contributed by atoms with Gasteiger partial charge in [-0.15, -0.1) is 0 Å². The molecule has 0 spiro atoms. The number of carbonyl (C=O) groups excluding carboxylic acids is 1. The van der Waals surface area contributed by atoms with Gasteiger partial charge in [-0.3, -0.25) is 14.7 Å². The van der Waals surface area contributed by atoms with Crippen LogP contribution in [-0.2, 0) is 28.4 Å². The topological polar surface area (TPSA) is 83.0 Å². The van der Waals surface area contributed by atoms with E-state index in [4.69, 9.17) is 14.8 Å². The Kier molecular flexibility index (Phi) is 10.3. The van der Waals surface area contributed by atoms with Gasteiger partial charge in [-0.25, -0.2) is 4.79 Å². The molecule has 13 heteroatoms. The number of pyridine rings is 1. The van der Waals surface area contributed by atoms with Crippen LogP contribution < -0.4 is 4.90 Å². The van der Waals surface area contributed by atoms with Crippen molar-refractivity contribution in [3.63, 3.8) is 0 Å². The third-order valence-corrected chi connectivity index (χ3v) is 8.84. The molecular formula is C32H39F6N3O4. The standard InChI is InChI=1S/C32H39F6N3O4/c1-5-40(16-21-8-6-20(7-9-21)12-28(42)43)27-11-10-25(18(2)3)39-26(27)17-41-19(4)29(45-30(41)44)22-13-23(31(33,34)35)15-24(14-22)32(36,37)38/h10-11,13-15,18-21,29H,5-9,12,16-17H2,1-4H3,(H,42,43)/t19-,20?,21?,29-/m0/s1. The lowest BCUT2D eigenvalue weighted by atomic mass is 9.80. The summed E-state index contributed by atoms with van der Waals surface area (Å²) in [5, 5.41) is 9.14. The Morgan fingerprint density at radius 3 is 2.11 bits per heavy atom. The number of nitrogens with zero attached hydrogens (tertiary/aromatic N) is 3. The minimum Gasteiger partial charge on any atom is -0.481 e. The summed E-state index contributed by atoms with van der Waals surface area (Å²) in [6.45, 7) is 8.71. The van der Waals surface area contributed by atoms with Gasteiger partial charge in [-0.1, -0.05) is 13.8 Å². The number of hydrogen-bond donors (Lipinski definition) is 1. The first-order valence-electron chi connectivity index (χ1n) is 15.2. The number of cyclic esters (lactones) is 1. The number of anilines is 1. The first-order valence-corrected chi connectivity index (χ1v) is 15.2. The van der Waals surface area contributed by atoms with Crippen LogP contribution in [0.1, 0.15) is 99.9 Å². The van der Waals surface area contributed by atoms with Gasteiger partial charge in [0.2, 0.25) is 0 Å². The zero-order valence-electron chi connectivity index (χ0n) is 25.7. The molecule has 2 aliphatic rings. The molecule has 45 heavy (non-hydrogen) atoms. The number of aromatic nitrogens is 1. The van der Waals surface area contributed by atoms with Crippen molar-refractivity contribution in [2.45, 2.75) is 96.8 Å². The lowest BCUT2D eigenvalue weighted by Crippen LogP contribution is -2.35. The fraction of sp³-hybridized carbons (Fsp3) is 0.594. The van der Waals surface area contributed by atoms with Crippen molar-refractivity contribution in [2.75, 3.05) is 18.0 Å². The number of aliphatic carboxylic acids is 1. The van der Waals surface area contributed by atoms with Gasteiger partial charge >= 0.3 is 24.4 Å². The maximum atomic E-state index is 13.5. The largest absolute Gasteiger partial charge is 0.481 e. The van der Waals surface area contributed by atoms with Gasteiger partial charge in [-0.2, -0.15) is 26.3 Å². The number of halogens is 6. The normalized spacial score (nSPS) is 22.6. The number of alkyl halides is 6. The molecule has 2 atom stereocenters. The van der Waals surface area contributed by atoms with Crippen LogP contribution in [0.2, 0.25) is 0 Å². The molecule has 1 aliphatic carbocycles. The Labute approximate surface area is 258 Å². The number of carboxylic acid groups (broad SMARTS) is 1. The number of rotatable bonds is 10. The fourth-order valence-electron chi connectivity index (χ4n) is 6.28. The van der Waals surface area contributed by atoms with Crippen molar-refractivity contribution < 1.29 is 45.8 Å². The number of hydrogen-bond acceptors (Lipinski definition) is 5. The molecule has 1 N–H and O–H groups in total. The SMILES string of the molecule is CCN(CC1CCC(CC(=O)O)CC1)c1ccc(C(C)C)nc1CN1C(=O)O[C@H](c2cc(C(F)(F)F)cc(C(F)(F)F)c2)[C@@H]1C. The van der Waals surface area contributed by atoms with Crippen molar-refractivity contribution in [1.82, 2.24) is 9.88 Å². The maximum absolute atomic E-state index is 13.5. The highest BCUT2D eigenvalue weighted by Gasteiger charge is 2.43. The lowest BCUT2D eigenvalue weighted by molar-refractivity contribution is -0.143. The summed E-state index contributed by atoms with van der Waals surface area (Å²) < 4.78 is 86.6. The van der Waals surface area contributed by atoms with Crippen molar-refractivity contribution >= 4 is 17.7 Å². The van der Waals surface area contributed by atoms with Gasteiger partial charge in [0.25, 0.3) is 0 Å². The van der Waals surface area contributed by atoms with Crippen LogP contribution in [0.4, 0.5) is 36.8 Å². The van der Waals surface area contributed by atoms with Crippen molar-refractivity contribution in [2.24, 2.45) is 11.8 Å². The molecule has 7 nitrogen and oxygen atoms in total. The number of benzene rings is 1. The van der Waals surface area contributed by atoms with E-state index in [1.165, 1.54) is 11.8 Å². The second-order valence-corrected chi connectivity index (χ2v) is 12.4. The molecule has 2 aromatic rings. The first kappa shape index (κ1) is 34.4. The van der Waals surface area contributed by atoms with Crippen LogP contribution in [-0.4, -0.2) is 46.2 Å². The average molecular weight is 644 g/mol. The smallest absolute Gasteiger partial charge is 0.416 e. The van der Waals surface area contributed by atoms with Crippen LogP contribution >= 0.6 is 0 Å². The molecule has 0 radical (unpaired) electrons.